The minimum Gasteiger partial charge on any atom is -0.384 e. The van der Waals surface area contributed by atoms with E-state index in [9.17, 15) is 14.1 Å². The lowest BCUT2D eigenvalue weighted by atomic mass is 9.70. The molecule has 1 heterocycles. The third-order valence-electron chi connectivity index (χ3n) is 6.76. The monoisotopic (exact) mass is 466 g/mol. The molecule has 1 aliphatic heterocycles. The van der Waals surface area contributed by atoms with E-state index in [0.29, 0.717) is 11.1 Å². The van der Waals surface area contributed by atoms with E-state index in [4.69, 9.17) is 0 Å². The summed E-state index contributed by atoms with van der Waals surface area (Å²) in [7, 11) is -1.44. The molecule has 1 aliphatic rings. The van der Waals surface area contributed by atoms with E-state index in [1.807, 2.05) is 109 Å². The second-order valence-corrected chi connectivity index (χ2v) is 10.5. The Morgan fingerprint density at radius 1 is 0.706 bits per heavy atom. The minimum atomic E-state index is -1.50. The molecule has 5 atom stereocenters. The number of Topliss-reactive ketones (excluding diaryl/α,β-unsaturated/α-hetero) is 1. The van der Waals surface area contributed by atoms with Gasteiger partial charge in [-0.15, -0.1) is 0 Å². The van der Waals surface area contributed by atoms with Gasteiger partial charge in [-0.1, -0.05) is 121 Å². The van der Waals surface area contributed by atoms with E-state index >= 15 is 0 Å². The van der Waals surface area contributed by atoms with Gasteiger partial charge in [-0.05, 0) is 23.1 Å². The average molecular weight is 467 g/mol. The molecule has 170 valence electrons. The van der Waals surface area contributed by atoms with E-state index in [2.05, 4.69) is 0 Å². The fraction of sp³-hybridized carbons (Fsp3) is 0.167. The number of hydrogen-bond acceptors (Lipinski definition) is 3. The summed E-state index contributed by atoms with van der Waals surface area (Å²) in [4.78, 5) is 14.1. The fourth-order valence-electron chi connectivity index (χ4n) is 5.10. The number of aliphatic hydroxyl groups is 1. The molecule has 5 rings (SSSR count). The Labute approximate surface area is 202 Å². The standard InChI is InChI=1S/C30H26O3S/c31-28(23-15-7-2-8-16-23)27-29(24-17-9-3-10-18-24)34(33)26(22-13-5-1-6-14-22)21-30(27,32)25-19-11-4-12-20-25/h1-20,26-27,29,32H,21H2/t26-,27+,29-,30-,34+/m0/s1. The molecular weight excluding hydrogens is 440 g/mol. The molecule has 4 aromatic rings. The van der Waals surface area contributed by atoms with Gasteiger partial charge in [0.1, 0.15) is 5.60 Å². The van der Waals surface area contributed by atoms with Gasteiger partial charge in [-0.25, -0.2) is 0 Å². The zero-order valence-electron chi connectivity index (χ0n) is 18.7. The van der Waals surface area contributed by atoms with E-state index in [1.54, 1.807) is 12.1 Å². The molecule has 4 heteroatoms. The highest BCUT2D eigenvalue weighted by Crippen LogP contribution is 2.55. The first-order chi connectivity index (χ1) is 16.6. The van der Waals surface area contributed by atoms with Crippen molar-refractivity contribution in [1.29, 1.82) is 0 Å². The number of rotatable bonds is 5. The molecular formula is C30H26O3S. The van der Waals surface area contributed by atoms with Gasteiger partial charge in [0.25, 0.3) is 0 Å². The summed E-state index contributed by atoms with van der Waals surface area (Å²) in [5, 5.41) is 11.4. The summed E-state index contributed by atoms with van der Waals surface area (Å²) in [5.74, 6) is -1.10. The average Bonchev–Trinajstić information content (AvgIpc) is 2.91. The number of benzene rings is 4. The van der Waals surface area contributed by atoms with Crippen LogP contribution in [0.5, 0.6) is 0 Å². The molecule has 4 aromatic carbocycles. The van der Waals surface area contributed by atoms with Crippen molar-refractivity contribution < 1.29 is 14.1 Å². The molecule has 0 unspecified atom stereocenters. The molecule has 0 spiro atoms. The fourth-order valence-corrected chi connectivity index (χ4v) is 7.34. The maximum absolute atomic E-state index is 14.2. The van der Waals surface area contributed by atoms with Crippen LogP contribution in [0.2, 0.25) is 0 Å². The Morgan fingerprint density at radius 2 is 1.18 bits per heavy atom. The SMILES string of the molecule is O=C(c1ccccc1)[C@@H]1[C@H](c2ccccc2)[S@](=O)[C@H](c2ccccc2)C[C@]1(O)c1ccccc1. The molecule has 3 nitrogen and oxygen atoms in total. The topological polar surface area (TPSA) is 54.4 Å². The molecule has 1 N–H and O–H groups in total. The van der Waals surface area contributed by atoms with Gasteiger partial charge in [0.05, 0.1) is 16.4 Å². The quantitative estimate of drug-likeness (QED) is 0.367. The van der Waals surface area contributed by atoms with Crippen LogP contribution in [0.1, 0.15) is 44.0 Å². The van der Waals surface area contributed by atoms with Crippen LogP contribution in [0.4, 0.5) is 0 Å². The molecule has 0 aromatic heterocycles. The Kier molecular flexibility index (Phi) is 6.27. The first-order valence-corrected chi connectivity index (χ1v) is 12.7. The van der Waals surface area contributed by atoms with Gasteiger partial charge in [0.2, 0.25) is 0 Å². The van der Waals surface area contributed by atoms with Gasteiger partial charge >= 0.3 is 0 Å². The van der Waals surface area contributed by atoms with E-state index in [1.165, 1.54) is 0 Å². The Morgan fingerprint density at radius 3 is 1.74 bits per heavy atom. The minimum absolute atomic E-state index is 0.194. The van der Waals surface area contributed by atoms with Crippen molar-refractivity contribution in [3.63, 3.8) is 0 Å². The Hall–Kier alpha value is -3.34. The normalized spacial score (nSPS) is 26.6. The highest BCUT2D eigenvalue weighted by atomic mass is 32.2. The van der Waals surface area contributed by atoms with Crippen LogP contribution in [0, 0.1) is 5.92 Å². The highest BCUT2D eigenvalue weighted by Gasteiger charge is 2.56. The van der Waals surface area contributed by atoms with Crippen molar-refractivity contribution in [2.45, 2.75) is 22.5 Å². The first kappa shape index (κ1) is 22.5. The van der Waals surface area contributed by atoms with Gasteiger partial charge in [-0.3, -0.25) is 9.00 Å². The van der Waals surface area contributed by atoms with Crippen LogP contribution >= 0.6 is 0 Å². The van der Waals surface area contributed by atoms with Crippen molar-refractivity contribution in [2.75, 3.05) is 0 Å². The Bertz CT molecular complexity index is 1280. The molecule has 0 amide bonds. The summed E-state index contributed by atoms with van der Waals surface area (Å²) in [6.45, 7) is 0. The molecule has 0 saturated carbocycles. The molecule has 1 saturated heterocycles. The van der Waals surface area contributed by atoms with Crippen molar-refractivity contribution in [1.82, 2.24) is 0 Å². The van der Waals surface area contributed by atoms with Crippen molar-refractivity contribution in [3.05, 3.63) is 144 Å². The number of ketones is 1. The third kappa shape index (κ3) is 4.04. The molecule has 0 aliphatic carbocycles. The zero-order valence-corrected chi connectivity index (χ0v) is 19.5. The maximum atomic E-state index is 14.2. The number of carbonyl (C=O) groups is 1. The molecule has 0 radical (unpaired) electrons. The zero-order chi connectivity index (χ0) is 23.5. The summed E-state index contributed by atoms with van der Waals surface area (Å²) in [6.07, 6.45) is 0.195. The number of hydrogen-bond donors (Lipinski definition) is 1. The maximum Gasteiger partial charge on any atom is 0.170 e. The lowest BCUT2D eigenvalue weighted by Crippen LogP contribution is -2.50. The van der Waals surface area contributed by atoms with Crippen LogP contribution in [-0.2, 0) is 16.4 Å². The molecule has 0 bridgehead atoms. The van der Waals surface area contributed by atoms with Crippen LogP contribution in [-0.4, -0.2) is 15.1 Å². The van der Waals surface area contributed by atoms with Crippen molar-refractivity contribution in [2.24, 2.45) is 5.92 Å². The van der Waals surface area contributed by atoms with Gasteiger partial charge in [0.15, 0.2) is 5.78 Å². The van der Waals surface area contributed by atoms with Gasteiger partial charge < -0.3 is 5.11 Å². The van der Waals surface area contributed by atoms with Crippen LogP contribution in [0.25, 0.3) is 0 Å². The van der Waals surface area contributed by atoms with Crippen molar-refractivity contribution in [3.8, 4) is 0 Å². The molecule has 34 heavy (non-hydrogen) atoms. The van der Waals surface area contributed by atoms with Crippen LogP contribution < -0.4 is 0 Å². The first-order valence-electron chi connectivity index (χ1n) is 11.5. The second-order valence-electron chi connectivity index (χ2n) is 8.76. The smallest absolute Gasteiger partial charge is 0.170 e. The Balaban J connectivity index is 1.74. The summed E-state index contributed by atoms with van der Waals surface area (Å²) in [5.41, 5.74) is 1.39. The summed E-state index contributed by atoms with van der Waals surface area (Å²) < 4.78 is 14.2. The van der Waals surface area contributed by atoms with E-state index in [0.717, 1.165) is 11.1 Å². The van der Waals surface area contributed by atoms with E-state index < -0.39 is 32.8 Å². The lowest BCUT2D eigenvalue weighted by Gasteiger charge is -2.47. The predicted octanol–water partition coefficient (Wildman–Crippen LogP) is 6.01. The second kappa shape index (κ2) is 9.49. The highest BCUT2D eigenvalue weighted by molar-refractivity contribution is 7.85. The molecule has 1 fully saturated rings. The van der Waals surface area contributed by atoms with Crippen molar-refractivity contribution >= 4 is 16.6 Å². The van der Waals surface area contributed by atoms with Crippen LogP contribution in [0.15, 0.2) is 121 Å². The largest absolute Gasteiger partial charge is 0.384 e. The van der Waals surface area contributed by atoms with Gasteiger partial charge in [0, 0.05) is 16.4 Å². The van der Waals surface area contributed by atoms with Gasteiger partial charge in [-0.2, -0.15) is 0 Å². The van der Waals surface area contributed by atoms with Crippen LogP contribution in [0.3, 0.4) is 0 Å². The summed E-state index contributed by atoms with van der Waals surface area (Å²) >= 11 is 0. The van der Waals surface area contributed by atoms with E-state index in [-0.39, 0.29) is 12.2 Å². The predicted molar refractivity (Wildman–Crippen MR) is 136 cm³/mol. The lowest BCUT2D eigenvalue weighted by molar-refractivity contribution is -0.0298. The summed E-state index contributed by atoms with van der Waals surface area (Å²) in [6, 6.07) is 37.6. The number of carbonyl (C=O) groups excluding carboxylic acids is 1. The third-order valence-corrected chi connectivity index (χ3v) is 8.80.